The lowest BCUT2D eigenvalue weighted by molar-refractivity contribution is -0.141. The largest absolute Gasteiger partial charge is 0.508 e. The van der Waals surface area contributed by atoms with Crippen molar-refractivity contribution in [3.05, 3.63) is 101 Å². The maximum Gasteiger partial charge on any atom is 0.409 e. The number of rotatable bonds is 16. The second-order valence-electron chi connectivity index (χ2n) is 24.6. The Kier molecular flexibility index (Phi) is 15.6. The average Bonchev–Trinajstić information content (AvgIpc) is 3.19. The molecule has 10 heterocycles. The van der Waals surface area contributed by atoms with Gasteiger partial charge in [-0.1, -0.05) is 68.4 Å². The molecule has 3 amide bonds. The van der Waals surface area contributed by atoms with Gasteiger partial charge < -0.3 is 49.3 Å². The minimum Gasteiger partial charge on any atom is -0.508 e. The Morgan fingerprint density at radius 1 is 0.918 bits per heavy atom. The summed E-state index contributed by atoms with van der Waals surface area (Å²) in [5.41, 5.74) is 6.34. The fourth-order valence-electron chi connectivity index (χ4n) is 14.5. The number of piperazine rings is 2. The van der Waals surface area contributed by atoms with Gasteiger partial charge in [0.05, 0.1) is 33.0 Å². The molecule has 85 heavy (non-hydrogen) atoms. The lowest BCUT2D eigenvalue weighted by Crippen LogP contribution is -2.51. The zero-order valence-electron chi connectivity index (χ0n) is 49.1. The Morgan fingerprint density at radius 3 is 2.47 bits per heavy atom. The van der Waals surface area contributed by atoms with E-state index in [9.17, 15) is 19.5 Å². The lowest BCUT2D eigenvalue weighted by Gasteiger charge is -2.36. The zero-order valence-corrected chi connectivity index (χ0v) is 49.9. The number of ether oxygens (including phenoxy) is 2. The highest BCUT2D eigenvalue weighted by molar-refractivity contribution is 7.13. The summed E-state index contributed by atoms with van der Waals surface area (Å²) in [7, 11) is 0. The van der Waals surface area contributed by atoms with E-state index in [2.05, 4.69) is 54.5 Å². The number of aryl methyl sites for hydroxylation is 2. The van der Waals surface area contributed by atoms with Crippen LogP contribution in [0.3, 0.4) is 0 Å². The molecule has 3 N–H and O–H groups in total. The lowest BCUT2D eigenvalue weighted by atomic mass is 9.91. The highest BCUT2D eigenvalue weighted by atomic mass is 32.1. The molecule has 4 aromatic heterocycles. The molecule has 0 aliphatic carbocycles. The van der Waals surface area contributed by atoms with Crippen LogP contribution >= 0.6 is 11.3 Å². The molecule has 13 rings (SSSR count). The van der Waals surface area contributed by atoms with Crippen LogP contribution in [0.25, 0.3) is 43.4 Å². The Balaban J connectivity index is 0.630. The predicted octanol–water partition coefficient (Wildman–Crippen LogP) is 9.56. The maximum atomic E-state index is 17.4. The van der Waals surface area contributed by atoms with E-state index in [-0.39, 0.29) is 71.0 Å². The van der Waals surface area contributed by atoms with Crippen LogP contribution in [-0.2, 0) is 20.7 Å². The van der Waals surface area contributed by atoms with E-state index in [1.165, 1.54) is 0 Å². The van der Waals surface area contributed by atoms with Crippen molar-refractivity contribution in [2.45, 2.75) is 134 Å². The number of carbonyl (C=O) groups is 3. The fourth-order valence-corrected chi connectivity index (χ4v) is 15.3. The molecule has 3 aromatic carbocycles. The number of hydrogen-bond donors (Lipinski definition) is 3. The molecule has 446 valence electrons. The Hall–Kier alpha value is -7.49. The van der Waals surface area contributed by atoms with E-state index < -0.39 is 17.8 Å². The van der Waals surface area contributed by atoms with E-state index in [0.717, 1.165) is 109 Å². The number of aromatic hydroxyl groups is 1. The van der Waals surface area contributed by atoms with Crippen LogP contribution < -0.4 is 25.2 Å². The van der Waals surface area contributed by atoms with Crippen LogP contribution in [0.15, 0.2) is 76.9 Å². The van der Waals surface area contributed by atoms with Crippen LogP contribution in [0.2, 0.25) is 0 Å². The van der Waals surface area contributed by atoms with Gasteiger partial charge in [-0.05, 0) is 124 Å². The molecule has 6 fully saturated rings. The number of thiazole rings is 1. The molecule has 0 radical (unpaired) electrons. The molecule has 19 nitrogen and oxygen atoms in total. The van der Waals surface area contributed by atoms with Crippen molar-refractivity contribution in [1.29, 1.82) is 0 Å². The second kappa shape index (κ2) is 23.4. The monoisotopic (exact) mass is 1170 g/mol. The van der Waals surface area contributed by atoms with Gasteiger partial charge in [0.1, 0.15) is 48.0 Å². The van der Waals surface area contributed by atoms with Crippen LogP contribution in [0.1, 0.15) is 114 Å². The molecule has 7 aromatic rings. The smallest absolute Gasteiger partial charge is 0.409 e. The summed E-state index contributed by atoms with van der Waals surface area (Å²) < 4.78 is 36.1. The van der Waals surface area contributed by atoms with Gasteiger partial charge in [0, 0.05) is 81.8 Å². The van der Waals surface area contributed by atoms with Crippen molar-refractivity contribution in [2.24, 2.45) is 5.92 Å². The van der Waals surface area contributed by atoms with Crippen molar-refractivity contribution < 1.29 is 37.9 Å². The Labute approximate surface area is 498 Å². The number of fused-ring (bicyclic) bond motifs is 5. The number of phenolic OH excluding ortho intramolecular Hbond substituents is 1. The number of amides is 3. The minimum atomic E-state index is -0.635. The molecule has 2 bridgehead atoms. The number of hydrogen-bond acceptors (Lipinski definition) is 17. The number of likely N-dealkylation sites (tertiary alicyclic amines) is 1. The van der Waals surface area contributed by atoms with Gasteiger partial charge in [-0.2, -0.15) is 9.97 Å². The van der Waals surface area contributed by atoms with E-state index in [0.29, 0.717) is 86.2 Å². The van der Waals surface area contributed by atoms with Gasteiger partial charge in [-0.15, -0.1) is 11.3 Å². The van der Waals surface area contributed by atoms with E-state index in [1.54, 1.807) is 39.5 Å². The third-order valence-electron chi connectivity index (χ3n) is 19.0. The summed E-state index contributed by atoms with van der Waals surface area (Å²) in [6.45, 7) is 15.1. The third kappa shape index (κ3) is 10.9. The molecule has 6 saturated heterocycles. The number of phenols is 1. The van der Waals surface area contributed by atoms with Crippen molar-refractivity contribution in [2.75, 3.05) is 75.4 Å². The van der Waals surface area contributed by atoms with Gasteiger partial charge in [-0.25, -0.2) is 14.2 Å². The number of carbonyl (C=O) groups excluding carboxylic acids is 3. The first-order chi connectivity index (χ1) is 41.2. The summed E-state index contributed by atoms with van der Waals surface area (Å²) in [5.74, 6) is 0.00453. The summed E-state index contributed by atoms with van der Waals surface area (Å²) in [5, 5.41) is 24.3. The first-order valence-electron chi connectivity index (χ1n) is 30.5. The predicted molar refractivity (Wildman–Crippen MR) is 323 cm³/mol. The van der Waals surface area contributed by atoms with E-state index in [1.807, 2.05) is 69.6 Å². The quantitative estimate of drug-likeness (QED) is 0.0823. The molecule has 0 spiro atoms. The van der Waals surface area contributed by atoms with Crippen molar-refractivity contribution >= 4 is 62.6 Å². The molecule has 6 aliphatic heterocycles. The van der Waals surface area contributed by atoms with Crippen LogP contribution in [0, 0.1) is 18.7 Å². The van der Waals surface area contributed by atoms with Crippen LogP contribution in [-0.4, -0.2) is 158 Å². The van der Waals surface area contributed by atoms with Crippen LogP contribution in [0.4, 0.5) is 20.8 Å². The number of nitrogens with one attached hydrogen (secondary N) is 2. The first-order valence-corrected chi connectivity index (χ1v) is 31.4. The fraction of sp³-hybridized carbons (Fsp3) is 0.500. The van der Waals surface area contributed by atoms with E-state index >= 15 is 4.39 Å². The maximum absolute atomic E-state index is 17.4. The number of halogens is 1. The van der Waals surface area contributed by atoms with Gasteiger partial charge in [0.25, 0.3) is 0 Å². The number of nitrogens with zero attached hydrogens (tertiary/aromatic N) is 10. The Bertz CT molecular complexity index is 3640. The SMILES string of the molecule is CCc1cccc2cc(O)cc(-c3ncc4c(N5CC6CCC(C5)N6)nc(OCC56CCCN5C(COC(=O)N5CCN(c7cc(C(C(=O)N8CCCC8C(=O)NC(C)c8ccc(-c9scnc9C)cc8)C(C)C)on7)CC5)CC6)nc4c3F)c12. The number of aromatic nitrogens is 5. The minimum absolute atomic E-state index is 0.00139. The van der Waals surface area contributed by atoms with Crippen molar-refractivity contribution in [3.63, 3.8) is 0 Å². The van der Waals surface area contributed by atoms with Gasteiger partial charge in [0.15, 0.2) is 17.4 Å². The molecule has 7 atom stereocenters. The standard InChI is InChI=1S/C64H75FN12O7S/c1-6-40-10-7-11-43-28-47(78)29-48(54(40)43)56-55(65)57-49(31-66-56)59(75-32-44-17-18-45(33-75)69-44)71-62(70-57)83-35-64-20-9-23-77(64)46(19-21-64)34-82-63(81)74-26-24-73(25-27-74)52-30-51(84-72-52)53(37(2)3)61(80)76-22-8-12-50(76)60(79)68-38(4)41-13-15-42(16-14-41)58-39(5)67-36-85-58/h7,10-11,13-16,28-31,36-38,44-46,50,53,69,78H,6,8-9,12,17-27,32-35H2,1-5H3,(H,68,79). The van der Waals surface area contributed by atoms with Gasteiger partial charge in [0.2, 0.25) is 11.8 Å². The zero-order chi connectivity index (χ0) is 58.7. The number of pyridine rings is 1. The highest BCUT2D eigenvalue weighted by Gasteiger charge is 2.51. The first kappa shape index (κ1) is 56.6. The molecular weight excluding hydrogens is 1100 g/mol. The molecule has 7 unspecified atom stereocenters. The summed E-state index contributed by atoms with van der Waals surface area (Å²) in [6.07, 6.45) is 8.97. The summed E-state index contributed by atoms with van der Waals surface area (Å²) >= 11 is 1.60. The molecule has 21 heteroatoms. The third-order valence-corrected chi connectivity index (χ3v) is 20.0. The van der Waals surface area contributed by atoms with Gasteiger partial charge in [-0.3, -0.25) is 19.5 Å². The van der Waals surface area contributed by atoms with Crippen molar-refractivity contribution in [3.8, 4) is 33.5 Å². The second-order valence-corrected chi connectivity index (χ2v) is 25.4. The Morgan fingerprint density at radius 2 is 1.72 bits per heavy atom. The molecule has 6 aliphatic rings. The average molecular weight is 1180 g/mol. The van der Waals surface area contributed by atoms with Gasteiger partial charge >= 0.3 is 12.1 Å². The highest BCUT2D eigenvalue weighted by Crippen LogP contribution is 2.44. The van der Waals surface area contributed by atoms with Crippen LogP contribution in [0.5, 0.6) is 11.8 Å². The van der Waals surface area contributed by atoms with E-state index in [4.69, 9.17) is 28.9 Å². The summed E-state index contributed by atoms with van der Waals surface area (Å²) in [6, 6.07) is 19.1. The number of anilines is 2. The topological polar surface area (TPSA) is 208 Å². The summed E-state index contributed by atoms with van der Waals surface area (Å²) in [4.78, 5) is 72.3. The molecular formula is C64H75FN12O7S. The van der Waals surface area contributed by atoms with Crippen molar-refractivity contribution in [1.82, 2.24) is 50.4 Å². The molecule has 0 saturated carbocycles. The normalized spacial score (nSPS) is 23.1. The number of benzene rings is 3.